The maximum Gasteiger partial charge on any atom is 0.411 e. The van der Waals surface area contributed by atoms with Gasteiger partial charge in [-0.15, -0.1) is 0 Å². The van der Waals surface area contributed by atoms with E-state index in [9.17, 15) is 18.0 Å². The highest BCUT2D eigenvalue weighted by molar-refractivity contribution is 5.80. The lowest BCUT2D eigenvalue weighted by Gasteiger charge is -2.42. The first-order valence-electron chi connectivity index (χ1n) is 12.1. The molecule has 3 rings (SSSR count). The minimum atomic E-state index is -4.44. The number of rotatable bonds is 8. The normalized spacial score (nSPS) is 30.1. The van der Waals surface area contributed by atoms with Gasteiger partial charge in [0, 0.05) is 25.6 Å². The summed E-state index contributed by atoms with van der Waals surface area (Å²) in [6.07, 6.45) is 1.23. The van der Waals surface area contributed by atoms with Gasteiger partial charge < -0.3 is 26.8 Å². The Morgan fingerprint density at radius 1 is 1.29 bits per heavy atom. The summed E-state index contributed by atoms with van der Waals surface area (Å²) in [5, 5.41) is 15.1. The summed E-state index contributed by atoms with van der Waals surface area (Å²) in [4.78, 5) is 18.9. The van der Waals surface area contributed by atoms with Gasteiger partial charge in [0.15, 0.2) is 0 Å². The van der Waals surface area contributed by atoms with Gasteiger partial charge in [0.1, 0.15) is 18.7 Å². The average Bonchev–Trinajstić information content (AvgIpc) is 2.79. The van der Waals surface area contributed by atoms with Gasteiger partial charge in [-0.2, -0.15) is 18.4 Å². The van der Waals surface area contributed by atoms with E-state index < -0.39 is 49.1 Å². The van der Waals surface area contributed by atoms with Crippen molar-refractivity contribution in [3.8, 4) is 6.07 Å². The predicted molar refractivity (Wildman–Crippen MR) is 119 cm³/mol. The van der Waals surface area contributed by atoms with Crippen molar-refractivity contribution in [2.24, 2.45) is 23.3 Å². The first kappa shape index (κ1) is 26.8. The fourth-order valence-corrected chi connectivity index (χ4v) is 5.29. The van der Waals surface area contributed by atoms with Crippen molar-refractivity contribution in [2.75, 3.05) is 26.2 Å². The first-order valence-corrected chi connectivity index (χ1v) is 12.1. The Hall–Kier alpha value is -1.78. The summed E-state index contributed by atoms with van der Waals surface area (Å²) in [7, 11) is 0. The first-order chi connectivity index (χ1) is 16.2. The number of nitriles is 1. The van der Waals surface area contributed by atoms with Crippen LogP contribution in [0.1, 0.15) is 44.9 Å². The van der Waals surface area contributed by atoms with Crippen LogP contribution in [0.4, 0.5) is 13.2 Å². The van der Waals surface area contributed by atoms with E-state index in [4.69, 9.17) is 21.5 Å². The quantitative estimate of drug-likeness (QED) is 0.274. The maximum atomic E-state index is 13.4. The van der Waals surface area contributed by atoms with Gasteiger partial charge in [-0.25, -0.2) is 9.89 Å². The number of piperidine rings is 1. The Kier molecular flexibility index (Phi) is 9.67. The highest BCUT2D eigenvalue weighted by Crippen LogP contribution is 2.27. The molecule has 5 atom stereocenters. The molecule has 1 saturated carbocycles. The molecule has 0 spiro atoms. The molecule has 3 aliphatic rings. The van der Waals surface area contributed by atoms with Gasteiger partial charge in [0.2, 0.25) is 12.1 Å². The molecule has 0 aromatic rings. The predicted octanol–water partition coefficient (Wildman–Crippen LogP) is -1.07. The van der Waals surface area contributed by atoms with Crippen molar-refractivity contribution in [2.45, 2.75) is 81.6 Å². The number of amides is 1. The molecule has 1 saturated heterocycles. The third kappa shape index (κ3) is 7.36. The fourth-order valence-electron chi connectivity index (χ4n) is 5.29. The van der Waals surface area contributed by atoms with Crippen molar-refractivity contribution >= 4 is 12.1 Å². The van der Waals surface area contributed by atoms with E-state index in [1.807, 2.05) is 6.21 Å². The zero-order valence-electron chi connectivity index (χ0n) is 19.4. The summed E-state index contributed by atoms with van der Waals surface area (Å²) in [6.45, 7) is 0.0542. The number of carbonyl (C=O) groups excluding carboxylic acids is 1. The molecule has 12 heteroatoms. The zero-order valence-corrected chi connectivity index (χ0v) is 19.4. The third-order valence-electron chi connectivity index (χ3n) is 6.97. The summed E-state index contributed by atoms with van der Waals surface area (Å²) < 4.78 is 43.2. The Morgan fingerprint density at radius 3 is 2.68 bits per heavy atom. The van der Waals surface area contributed by atoms with Crippen LogP contribution in [0.25, 0.3) is 0 Å². The summed E-state index contributed by atoms with van der Waals surface area (Å²) in [5.74, 6) is -1.25. The fraction of sp³-hybridized carbons (Fsp3) is 0.864. The molecular formula is C22H37F3N7O2+. The van der Waals surface area contributed by atoms with Crippen LogP contribution in [0, 0.1) is 23.2 Å². The van der Waals surface area contributed by atoms with Crippen LogP contribution < -0.4 is 27.1 Å². The van der Waals surface area contributed by atoms with Crippen LogP contribution in [-0.2, 0) is 9.53 Å². The van der Waals surface area contributed by atoms with E-state index in [0.717, 1.165) is 25.7 Å². The number of nitrogens with zero attached hydrogens (tertiary/aromatic N) is 2. The number of hydrogen-bond donors (Lipinski definition) is 5. The van der Waals surface area contributed by atoms with Crippen molar-refractivity contribution < 1.29 is 27.7 Å². The number of nitrogens with two attached hydrogens (primary N) is 2. The highest BCUT2D eigenvalue weighted by Gasteiger charge is 2.46. The van der Waals surface area contributed by atoms with Gasteiger partial charge >= 0.3 is 6.18 Å². The molecule has 2 fully saturated rings. The summed E-state index contributed by atoms with van der Waals surface area (Å²) in [5.41, 5.74) is 12.2. The van der Waals surface area contributed by atoms with E-state index in [-0.39, 0.29) is 12.0 Å². The Morgan fingerprint density at radius 2 is 2.03 bits per heavy atom. The van der Waals surface area contributed by atoms with E-state index in [1.165, 1.54) is 6.42 Å². The lowest BCUT2D eigenvalue weighted by molar-refractivity contribution is -0.551. The van der Waals surface area contributed by atoms with E-state index in [1.54, 1.807) is 0 Å². The molecule has 0 bridgehead atoms. The summed E-state index contributed by atoms with van der Waals surface area (Å²) in [6, 6.07) is 1.82. The van der Waals surface area contributed by atoms with Crippen LogP contribution in [0.15, 0.2) is 0 Å². The highest BCUT2D eigenvalue weighted by atomic mass is 19.4. The van der Waals surface area contributed by atoms with Crippen molar-refractivity contribution in [1.82, 2.24) is 15.5 Å². The molecule has 192 valence electrons. The second-order valence-corrected chi connectivity index (χ2v) is 9.56. The van der Waals surface area contributed by atoms with Gasteiger partial charge in [0.25, 0.3) is 0 Å². The number of nitrogens with one attached hydrogen (secondary N) is 3. The van der Waals surface area contributed by atoms with Crippen LogP contribution >= 0.6 is 0 Å². The Balaban J connectivity index is 1.76. The van der Waals surface area contributed by atoms with E-state index in [2.05, 4.69) is 26.6 Å². The lowest BCUT2D eigenvalue weighted by Crippen LogP contribution is -2.90. The topological polar surface area (TPSA) is 143 Å². The molecule has 1 aliphatic carbocycles. The second-order valence-electron chi connectivity index (χ2n) is 9.56. The van der Waals surface area contributed by atoms with Crippen molar-refractivity contribution in [1.29, 1.82) is 5.26 Å². The Labute approximate surface area is 198 Å². The standard InChI is InChI=1S/C22H36F3N7O2/c23-22(24,25)13-34-17-7-9-29-11-16(17)31-21(33)18(19(27)28)20-30-10-14(6-8-26)12-32(20)15-4-2-1-3-5-15/h10,14-20,29H,1-7,9,11-13,27-28H2,(H,31,33)/p+1. The molecule has 2 aliphatic heterocycles. The SMILES string of the molecule is N#CCC1C=[NH+]C(C(C(=O)NC2CNCCC2OCC(F)(F)F)C(N)N)N(C2CCCCC2)C1. The van der Waals surface area contributed by atoms with Gasteiger partial charge in [-0.05, 0) is 25.8 Å². The molecule has 9 nitrogen and oxygen atoms in total. The van der Waals surface area contributed by atoms with E-state index >= 15 is 0 Å². The molecule has 0 aromatic carbocycles. The van der Waals surface area contributed by atoms with Crippen LogP contribution in [0.2, 0.25) is 0 Å². The maximum absolute atomic E-state index is 13.4. The Bertz CT molecular complexity index is 737. The lowest BCUT2D eigenvalue weighted by atomic mass is 9.89. The van der Waals surface area contributed by atoms with Gasteiger partial charge in [0.05, 0.1) is 30.3 Å². The molecule has 2 heterocycles. The molecule has 0 aromatic heterocycles. The van der Waals surface area contributed by atoms with Crippen molar-refractivity contribution in [3.63, 3.8) is 0 Å². The summed E-state index contributed by atoms with van der Waals surface area (Å²) >= 11 is 0. The molecule has 1 amide bonds. The monoisotopic (exact) mass is 488 g/mol. The number of hydrogen-bond acceptors (Lipinski definition) is 7. The number of ether oxygens (including phenoxy) is 1. The minimum Gasteiger partial charge on any atom is -0.367 e. The van der Waals surface area contributed by atoms with Gasteiger partial charge in [-0.3, -0.25) is 4.79 Å². The molecule has 5 unspecified atom stereocenters. The second kappa shape index (κ2) is 12.3. The zero-order chi connectivity index (χ0) is 24.7. The smallest absolute Gasteiger partial charge is 0.367 e. The number of alkyl halides is 3. The molecule has 0 radical (unpaired) electrons. The minimum absolute atomic E-state index is 0.0172. The molecule has 7 N–H and O–H groups in total. The van der Waals surface area contributed by atoms with Gasteiger partial charge in [-0.1, -0.05) is 19.3 Å². The molecule has 34 heavy (non-hydrogen) atoms. The van der Waals surface area contributed by atoms with E-state index in [0.29, 0.717) is 32.5 Å². The van der Waals surface area contributed by atoms with Crippen LogP contribution in [0.5, 0.6) is 0 Å². The largest absolute Gasteiger partial charge is 0.411 e. The number of halogens is 3. The molecular weight excluding hydrogens is 451 g/mol. The van der Waals surface area contributed by atoms with Crippen LogP contribution in [0.3, 0.4) is 0 Å². The third-order valence-corrected chi connectivity index (χ3v) is 6.97. The van der Waals surface area contributed by atoms with Crippen LogP contribution in [-0.4, -0.2) is 80.0 Å². The number of carbonyl (C=O) groups is 1. The average molecular weight is 489 g/mol. The van der Waals surface area contributed by atoms with Crippen molar-refractivity contribution in [3.05, 3.63) is 0 Å².